The van der Waals surface area contributed by atoms with Gasteiger partial charge in [-0.15, -0.1) is 0 Å². The number of aryl methyl sites for hydroxylation is 2. The van der Waals surface area contributed by atoms with Crippen LogP contribution in [0, 0.1) is 19.8 Å². The van der Waals surface area contributed by atoms with Crippen molar-refractivity contribution >= 4 is 5.91 Å². The highest BCUT2D eigenvalue weighted by atomic mass is 16.2. The molecule has 1 aliphatic rings. The third-order valence-corrected chi connectivity index (χ3v) is 4.85. The van der Waals surface area contributed by atoms with Crippen molar-refractivity contribution in [3.05, 3.63) is 41.5 Å². The number of nitrogens with two attached hydrogens (primary N) is 1. The number of hydrogen-bond donors (Lipinski definition) is 1. The van der Waals surface area contributed by atoms with Gasteiger partial charge < -0.3 is 10.6 Å². The monoisotopic (exact) mass is 327 g/mol. The first-order valence-corrected chi connectivity index (χ1v) is 8.53. The number of amides is 1. The average molecular weight is 327 g/mol. The molecule has 0 aliphatic carbocycles. The molecule has 1 aliphatic heterocycles. The van der Waals surface area contributed by atoms with E-state index in [1.165, 1.54) is 0 Å². The molecule has 1 saturated heterocycles. The molecule has 1 amide bonds. The Kier molecular flexibility index (Phi) is 4.66. The van der Waals surface area contributed by atoms with Crippen molar-refractivity contribution in [3.8, 4) is 5.69 Å². The summed E-state index contributed by atoms with van der Waals surface area (Å²) in [5.41, 5.74) is 7.51. The van der Waals surface area contributed by atoms with E-state index < -0.39 is 0 Å². The van der Waals surface area contributed by atoms with Crippen molar-refractivity contribution in [2.75, 3.05) is 13.1 Å². The number of carbonyl (C=O) groups excluding carboxylic acids is 1. The minimum absolute atomic E-state index is 0.0649. The van der Waals surface area contributed by atoms with Gasteiger partial charge in [0.05, 0.1) is 5.69 Å². The van der Waals surface area contributed by atoms with Crippen LogP contribution in [0.1, 0.15) is 41.8 Å². The van der Waals surface area contributed by atoms with E-state index in [9.17, 15) is 4.79 Å². The van der Waals surface area contributed by atoms with Gasteiger partial charge in [0.15, 0.2) is 0 Å². The molecule has 2 N–H and O–H groups in total. The van der Waals surface area contributed by atoms with Crippen molar-refractivity contribution in [2.24, 2.45) is 11.7 Å². The second-order valence-electron chi connectivity index (χ2n) is 6.59. The molecule has 2 atom stereocenters. The molecule has 0 spiro atoms. The third kappa shape index (κ3) is 3.06. The Morgan fingerprint density at radius 2 is 2.00 bits per heavy atom. The van der Waals surface area contributed by atoms with Gasteiger partial charge in [-0.3, -0.25) is 4.79 Å². The van der Waals surface area contributed by atoms with Crippen LogP contribution in [0.4, 0.5) is 0 Å². The van der Waals surface area contributed by atoms with Crippen LogP contribution in [-0.2, 0) is 0 Å². The highest BCUT2D eigenvalue weighted by Gasteiger charge is 2.31. The number of rotatable bonds is 3. The van der Waals surface area contributed by atoms with Gasteiger partial charge in [0.2, 0.25) is 0 Å². The predicted octanol–water partition coefficient (Wildman–Crippen LogP) is 2.08. The van der Waals surface area contributed by atoms with Crippen LogP contribution in [0.2, 0.25) is 0 Å². The van der Waals surface area contributed by atoms with Crippen molar-refractivity contribution in [1.82, 2.24) is 19.7 Å². The molecular formula is C18H25N5O. The molecule has 128 valence electrons. The molecule has 3 rings (SSSR count). The number of nitrogens with zero attached hydrogens (tertiary/aromatic N) is 4. The standard InChI is InChI=1S/C18H25N5O/c1-12-5-4-10-22(17(12)11-19)18(24)15-6-8-16(9-7-15)23-14(3)20-13(2)21-23/h6-9,12,17H,4-5,10-11,19H2,1-3H3/t12-,17-/m0/s1. The summed E-state index contributed by atoms with van der Waals surface area (Å²) >= 11 is 0. The maximum Gasteiger partial charge on any atom is 0.254 e. The van der Waals surface area contributed by atoms with Crippen molar-refractivity contribution in [3.63, 3.8) is 0 Å². The summed E-state index contributed by atoms with van der Waals surface area (Å²) in [6, 6.07) is 7.69. The van der Waals surface area contributed by atoms with Gasteiger partial charge in [0.25, 0.3) is 5.91 Å². The molecule has 0 saturated carbocycles. The van der Waals surface area contributed by atoms with Gasteiger partial charge in [-0.2, -0.15) is 5.10 Å². The SMILES string of the molecule is Cc1nc(C)n(-c2ccc(C(=O)N3CCC[C@H](C)[C@@H]3CN)cc2)n1. The average Bonchev–Trinajstić information content (AvgIpc) is 2.92. The smallest absolute Gasteiger partial charge is 0.254 e. The quantitative estimate of drug-likeness (QED) is 0.936. The Hall–Kier alpha value is -2.21. The maximum atomic E-state index is 12.9. The Balaban J connectivity index is 1.82. The van der Waals surface area contributed by atoms with Gasteiger partial charge >= 0.3 is 0 Å². The predicted molar refractivity (Wildman–Crippen MR) is 93.1 cm³/mol. The number of piperidine rings is 1. The van der Waals surface area contributed by atoms with Gasteiger partial charge in [-0.25, -0.2) is 9.67 Å². The van der Waals surface area contributed by atoms with Crippen LogP contribution >= 0.6 is 0 Å². The lowest BCUT2D eigenvalue weighted by Gasteiger charge is -2.39. The summed E-state index contributed by atoms with van der Waals surface area (Å²) in [5.74, 6) is 2.09. The van der Waals surface area contributed by atoms with E-state index in [1.807, 2.05) is 43.0 Å². The fraction of sp³-hybridized carbons (Fsp3) is 0.500. The van der Waals surface area contributed by atoms with E-state index in [2.05, 4.69) is 17.0 Å². The van der Waals surface area contributed by atoms with E-state index in [1.54, 1.807) is 4.68 Å². The molecule has 2 aromatic rings. The fourth-order valence-electron chi connectivity index (χ4n) is 3.54. The second kappa shape index (κ2) is 6.73. The lowest BCUT2D eigenvalue weighted by atomic mass is 9.90. The molecule has 0 bridgehead atoms. The first kappa shape index (κ1) is 16.6. The van der Waals surface area contributed by atoms with Crippen molar-refractivity contribution < 1.29 is 4.79 Å². The van der Waals surface area contributed by atoms with E-state index in [4.69, 9.17) is 5.73 Å². The molecule has 0 radical (unpaired) electrons. The highest BCUT2D eigenvalue weighted by Crippen LogP contribution is 2.24. The zero-order valence-electron chi connectivity index (χ0n) is 14.6. The molecule has 6 heteroatoms. The zero-order valence-corrected chi connectivity index (χ0v) is 14.6. The number of carbonyl (C=O) groups is 1. The molecule has 24 heavy (non-hydrogen) atoms. The van der Waals surface area contributed by atoms with Gasteiger partial charge in [0, 0.05) is 24.7 Å². The molecule has 1 aromatic heterocycles. The van der Waals surface area contributed by atoms with Crippen LogP contribution in [0.3, 0.4) is 0 Å². The molecule has 6 nitrogen and oxygen atoms in total. The summed E-state index contributed by atoms with van der Waals surface area (Å²) < 4.78 is 1.79. The number of benzene rings is 1. The first-order valence-electron chi connectivity index (χ1n) is 8.53. The minimum atomic E-state index is 0.0649. The zero-order chi connectivity index (χ0) is 17.3. The Bertz CT molecular complexity index is 722. The lowest BCUT2D eigenvalue weighted by molar-refractivity contribution is 0.0532. The lowest BCUT2D eigenvalue weighted by Crippen LogP contribution is -2.51. The summed E-state index contributed by atoms with van der Waals surface area (Å²) in [5, 5.41) is 4.37. The number of aromatic nitrogens is 3. The van der Waals surface area contributed by atoms with Crippen LogP contribution in [0.5, 0.6) is 0 Å². The van der Waals surface area contributed by atoms with Crippen LogP contribution in [0.15, 0.2) is 24.3 Å². The summed E-state index contributed by atoms with van der Waals surface area (Å²) in [4.78, 5) is 19.1. The molecule has 1 fully saturated rings. The first-order chi connectivity index (χ1) is 11.5. The summed E-state index contributed by atoms with van der Waals surface area (Å²) in [6.45, 7) is 7.26. The van der Waals surface area contributed by atoms with Gasteiger partial charge in [-0.1, -0.05) is 6.92 Å². The van der Waals surface area contributed by atoms with Crippen molar-refractivity contribution in [1.29, 1.82) is 0 Å². The maximum absolute atomic E-state index is 12.9. The largest absolute Gasteiger partial charge is 0.334 e. The van der Waals surface area contributed by atoms with E-state index in [0.717, 1.165) is 36.7 Å². The number of likely N-dealkylation sites (tertiary alicyclic amines) is 1. The third-order valence-electron chi connectivity index (χ3n) is 4.85. The second-order valence-corrected chi connectivity index (χ2v) is 6.59. The van der Waals surface area contributed by atoms with Crippen molar-refractivity contribution in [2.45, 2.75) is 39.7 Å². The van der Waals surface area contributed by atoms with Crippen LogP contribution in [-0.4, -0.2) is 44.7 Å². The Morgan fingerprint density at radius 3 is 2.58 bits per heavy atom. The molecule has 0 unspecified atom stereocenters. The van der Waals surface area contributed by atoms with E-state index in [0.29, 0.717) is 18.0 Å². The van der Waals surface area contributed by atoms with Crippen LogP contribution < -0.4 is 5.73 Å². The fourth-order valence-corrected chi connectivity index (χ4v) is 3.54. The Morgan fingerprint density at radius 1 is 1.29 bits per heavy atom. The molecule has 1 aromatic carbocycles. The number of hydrogen-bond acceptors (Lipinski definition) is 4. The van der Waals surface area contributed by atoms with E-state index in [-0.39, 0.29) is 11.9 Å². The summed E-state index contributed by atoms with van der Waals surface area (Å²) in [7, 11) is 0. The van der Waals surface area contributed by atoms with E-state index >= 15 is 0 Å². The summed E-state index contributed by atoms with van der Waals surface area (Å²) in [6.07, 6.45) is 2.18. The Labute approximate surface area is 142 Å². The minimum Gasteiger partial charge on any atom is -0.334 e. The van der Waals surface area contributed by atoms with Gasteiger partial charge in [0.1, 0.15) is 11.6 Å². The normalized spacial score (nSPS) is 21.1. The molecular weight excluding hydrogens is 302 g/mol. The van der Waals surface area contributed by atoms with Crippen LogP contribution in [0.25, 0.3) is 5.69 Å². The molecule has 2 heterocycles. The van der Waals surface area contributed by atoms with Gasteiger partial charge in [-0.05, 0) is 56.9 Å². The topological polar surface area (TPSA) is 77.0 Å². The highest BCUT2D eigenvalue weighted by molar-refractivity contribution is 5.94.